The molecular formula is C46H61NO6. The molecule has 0 unspecified atom stereocenters. The molecule has 2 N–H and O–H groups in total. The molecule has 6 aliphatic rings. The summed E-state index contributed by atoms with van der Waals surface area (Å²) in [6.45, 7) is 10.6. The number of rotatable bonds is 7. The Morgan fingerprint density at radius 1 is 0.906 bits per heavy atom. The van der Waals surface area contributed by atoms with Gasteiger partial charge in [0.15, 0.2) is 11.4 Å². The van der Waals surface area contributed by atoms with E-state index in [2.05, 4.69) is 38.1 Å². The number of aliphatic hydroxyl groups is 2. The second kappa shape index (κ2) is 14.1. The fraction of sp³-hybridized carbons (Fsp3) is 0.630. The Hall–Kier alpha value is -3.29. The molecule has 8 rings (SSSR count). The standard InChI is InChI=1S/C46H61NO6/c1-31-13-12-23-43(4)38(36-21-19-33(27-35(48)20-18-31)28-37(36)39(49)34-16-10-7-11-17-34)22-24-45(43,52)30-47(29-32-14-8-6-9-15-32)40(50)46-26-25-44(5,41(51)53-46)42(46,2)3/h6,8-9,13-15,19,21,28,34-35,38,48,52H,7,10-12,16-18,20,22-27,29-30H2,1-5H3/t35-,38-,43-,44-,45+,46+/m0/s1. The van der Waals surface area contributed by atoms with Crippen LogP contribution in [0.4, 0.5) is 0 Å². The number of fused-ring (bicyclic) bond motifs is 10. The zero-order chi connectivity index (χ0) is 37.8. The van der Waals surface area contributed by atoms with E-state index >= 15 is 4.79 Å². The fourth-order valence-electron chi connectivity index (χ4n) is 11.1. The molecule has 2 aromatic rings. The molecule has 1 aliphatic heterocycles. The van der Waals surface area contributed by atoms with Gasteiger partial charge in [-0.2, -0.15) is 0 Å². The third-order valence-corrected chi connectivity index (χ3v) is 15.3. The number of benzene rings is 2. The molecule has 6 atom stereocenters. The summed E-state index contributed by atoms with van der Waals surface area (Å²) in [7, 11) is 0. The number of esters is 1. The van der Waals surface area contributed by atoms with Gasteiger partial charge < -0.3 is 19.8 Å². The van der Waals surface area contributed by atoms with Gasteiger partial charge in [0.2, 0.25) is 0 Å². The van der Waals surface area contributed by atoms with Crippen LogP contribution in [0.2, 0.25) is 0 Å². The first-order chi connectivity index (χ1) is 25.1. The highest BCUT2D eigenvalue weighted by Crippen LogP contribution is 2.66. The van der Waals surface area contributed by atoms with E-state index in [1.807, 2.05) is 51.1 Å². The summed E-state index contributed by atoms with van der Waals surface area (Å²) in [4.78, 5) is 44.8. The zero-order valence-electron chi connectivity index (χ0n) is 32.7. The average molecular weight is 724 g/mol. The van der Waals surface area contributed by atoms with E-state index in [1.165, 1.54) is 12.0 Å². The summed E-state index contributed by atoms with van der Waals surface area (Å²) in [5, 5.41) is 24.3. The van der Waals surface area contributed by atoms with Crippen LogP contribution in [0.3, 0.4) is 0 Å². The Balaban J connectivity index is 1.31. The number of carbonyl (C=O) groups excluding carboxylic acids is 3. The van der Waals surface area contributed by atoms with Crippen LogP contribution in [0.15, 0.2) is 60.2 Å². The molecule has 1 saturated heterocycles. The van der Waals surface area contributed by atoms with Gasteiger partial charge in [0.05, 0.1) is 23.7 Å². The van der Waals surface area contributed by atoms with Crippen molar-refractivity contribution in [3.63, 3.8) is 0 Å². The highest BCUT2D eigenvalue weighted by atomic mass is 16.6. The largest absolute Gasteiger partial charge is 0.448 e. The number of amides is 1. The minimum Gasteiger partial charge on any atom is -0.448 e. The molecule has 3 saturated carbocycles. The van der Waals surface area contributed by atoms with Crippen molar-refractivity contribution < 1.29 is 29.3 Å². The number of Topliss-reactive ketones (excluding diaryl/α,β-unsaturated/α-hetero) is 1. The predicted molar refractivity (Wildman–Crippen MR) is 206 cm³/mol. The van der Waals surface area contributed by atoms with E-state index in [-0.39, 0.29) is 42.6 Å². The minimum absolute atomic E-state index is 0.00787. The van der Waals surface area contributed by atoms with Crippen LogP contribution in [0.1, 0.15) is 151 Å². The molecule has 5 aliphatic carbocycles. The Morgan fingerprint density at radius 3 is 2.32 bits per heavy atom. The molecule has 4 bridgehead atoms. The van der Waals surface area contributed by atoms with Gasteiger partial charge >= 0.3 is 5.97 Å². The van der Waals surface area contributed by atoms with E-state index < -0.39 is 33.6 Å². The van der Waals surface area contributed by atoms with Gasteiger partial charge in [-0.1, -0.05) is 94.1 Å². The lowest BCUT2D eigenvalue weighted by atomic mass is 9.64. The van der Waals surface area contributed by atoms with E-state index in [9.17, 15) is 19.8 Å². The summed E-state index contributed by atoms with van der Waals surface area (Å²) < 4.78 is 6.15. The number of hydrogen-bond acceptors (Lipinski definition) is 6. The second-order valence-corrected chi connectivity index (χ2v) is 18.5. The van der Waals surface area contributed by atoms with E-state index in [1.54, 1.807) is 4.90 Å². The Kier molecular flexibility index (Phi) is 10.1. The summed E-state index contributed by atoms with van der Waals surface area (Å²) >= 11 is 0. The predicted octanol–water partition coefficient (Wildman–Crippen LogP) is 8.64. The van der Waals surface area contributed by atoms with Gasteiger partial charge in [-0.15, -0.1) is 0 Å². The molecule has 53 heavy (non-hydrogen) atoms. The van der Waals surface area contributed by atoms with Crippen LogP contribution in [0, 0.1) is 22.2 Å². The monoisotopic (exact) mass is 723 g/mol. The van der Waals surface area contributed by atoms with Gasteiger partial charge in [-0.3, -0.25) is 14.4 Å². The van der Waals surface area contributed by atoms with Crippen LogP contribution >= 0.6 is 0 Å². The molecule has 286 valence electrons. The SMILES string of the molecule is CC1=CCC[C@@]2(C)[C@@H](CC[C@@]2(O)CN(Cc2ccccc2)C(=O)[C@@]23CC[C@@](C)(C(=O)O2)C3(C)C)c2ccc(cc2C(=O)C2CCCCC2)C[C@@H](O)CC1. The molecule has 0 spiro atoms. The summed E-state index contributed by atoms with van der Waals surface area (Å²) in [6, 6.07) is 16.1. The normalized spacial score (nSPS) is 34.2. The minimum atomic E-state index is -1.30. The van der Waals surface area contributed by atoms with Crippen LogP contribution in [-0.2, 0) is 27.3 Å². The molecule has 4 fully saturated rings. The quantitative estimate of drug-likeness (QED) is 0.168. The highest BCUT2D eigenvalue weighted by molar-refractivity contribution is 6.00. The molecule has 1 amide bonds. The van der Waals surface area contributed by atoms with Crippen molar-refractivity contribution in [1.82, 2.24) is 4.90 Å². The first-order valence-corrected chi connectivity index (χ1v) is 20.4. The summed E-state index contributed by atoms with van der Waals surface area (Å²) in [5.41, 5.74) is 0.161. The number of ether oxygens (including phenoxy) is 1. The van der Waals surface area contributed by atoms with Crippen molar-refractivity contribution in [2.75, 3.05) is 6.54 Å². The number of nitrogens with zero attached hydrogens (tertiary/aromatic N) is 1. The smallest absolute Gasteiger partial charge is 0.313 e. The lowest BCUT2D eigenvalue weighted by molar-refractivity contribution is -0.178. The molecular weight excluding hydrogens is 663 g/mol. The fourth-order valence-corrected chi connectivity index (χ4v) is 11.1. The van der Waals surface area contributed by atoms with Crippen molar-refractivity contribution in [3.8, 4) is 0 Å². The number of aliphatic hydroxyl groups excluding tert-OH is 1. The third kappa shape index (κ3) is 6.32. The van der Waals surface area contributed by atoms with E-state index in [4.69, 9.17) is 4.74 Å². The van der Waals surface area contributed by atoms with Crippen LogP contribution in [-0.4, -0.2) is 56.6 Å². The maximum atomic E-state index is 15.2. The van der Waals surface area contributed by atoms with Crippen molar-refractivity contribution in [2.45, 2.75) is 154 Å². The second-order valence-electron chi connectivity index (χ2n) is 18.5. The third-order valence-electron chi connectivity index (χ3n) is 15.3. The summed E-state index contributed by atoms with van der Waals surface area (Å²) in [6.07, 6.45) is 12.4. The van der Waals surface area contributed by atoms with Crippen molar-refractivity contribution >= 4 is 17.7 Å². The molecule has 2 aromatic carbocycles. The maximum absolute atomic E-state index is 15.2. The highest BCUT2D eigenvalue weighted by Gasteiger charge is 2.76. The lowest BCUT2D eigenvalue weighted by Crippen LogP contribution is -2.60. The number of allylic oxidation sites excluding steroid dienone is 2. The van der Waals surface area contributed by atoms with Crippen molar-refractivity contribution in [1.29, 1.82) is 0 Å². The first-order valence-electron chi connectivity index (χ1n) is 20.4. The van der Waals surface area contributed by atoms with Gasteiger partial charge in [0.1, 0.15) is 0 Å². The molecule has 0 radical (unpaired) electrons. The van der Waals surface area contributed by atoms with Gasteiger partial charge in [-0.25, -0.2) is 0 Å². The van der Waals surface area contributed by atoms with Crippen molar-refractivity contribution in [3.05, 3.63) is 82.4 Å². The molecule has 7 nitrogen and oxygen atoms in total. The topological polar surface area (TPSA) is 104 Å². The maximum Gasteiger partial charge on any atom is 0.313 e. The van der Waals surface area contributed by atoms with Crippen molar-refractivity contribution in [2.24, 2.45) is 22.2 Å². The molecule has 1 heterocycles. The van der Waals surface area contributed by atoms with Gasteiger partial charge in [0.25, 0.3) is 5.91 Å². The Labute approximate surface area is 316 Å². The first kappa shape index (κ1) is 38.0. The van der Waals surface area contributed by atoms with Crippen LogP contribution < -0.4 is 0 Å². The van der Waals surface area contributed by atoms with Crippen LogP contribution in [0.25, 0.3) is 0 Å². The zero-order valence-corrected chi connectivity index (χ0v) is 32.7. The van der Waals surface area contributed by atoms with E-state index in [0.717, 1.165) is 60.8 Å². The number of carbonyl (C=O) groups is 3. The van der Waals surface area contributed by atoms with E-state index in [0.29, 0.717) is 44.9 Å². The average Bonchev–Trinajstić information content (AvgIpc) is 3.58. The number of hydrogen-bond donors (Lipinski definition) is 2. The van der Waals surface area contributed by atoms with Crippen LogP contribution in [0.5, 0.6) is 0 Å². The van der Waals surface area contributed by atoms with Gasteiger partial charge in [-0.05, 0) is 113 Å². The summed E-state index contributed by atoms with van der Waals surface area (Å²) in [5.74, 6) is -0.465. The Morgan fingerprint density at radius 2 is 1.64 bits per heavy atom. The lowest BCUT2D eigenvalue weighted by Gasteiger charge is -2.47. The van der Waals surface area contributed by atoms with Gasteiger partial charge in [0, 0.05) is 28.9 Å². The number of ketones is 1. The molecule has 7 heteroatoms. The Bertz CT molecular complexity index is 1760. The molecule has 0 aromatic heterocycles.